The smallest absolute Gasteiger partial charge is 0.220 e. The maximum atomic E-state index is 11.0. The van der Waals surface area contributed by atoms with Gasteiger partial charge in [-0.3, -0.25) is 4.79 Å². The van der Waals surface area contributed by atoms with Crippen molar-refractivity contribution in [3.05, 3.63) is 28.2 Å². The molecule has 0 radical (unpaired) electrons. The molecule has 0 spiro atoms. The summed E-state index contributed by atoms with van der Waals surface area (Å²) in [5.74, 6) is 0.103. The van der Waals surface area contributed by atoms with E-state index in [1.54, 1.807) is 0 Å². The summed E-state index contributed by atoms with van der Waals surface area (Å²) in [5.41, 5.74) is 1.39. The molecule has 0 aliphatic carbocycles. The third-order valence-corrected chi connectivity index (χ3v) is 3.41. The number of hydrogen-bond acceptors (Lipinski definition) is 3. The predicted molar refractivity (Wildman–Crippen MR) is 68.5 cm³/mol. The highest BCUT2D eigenvalue weighted by molar-refractivity contribution is 9.10. The van der Waals surface area contributed by atoms with E-state index in [0.29, 0.717) is 18.5 Å². The lowest BCUT2D eigenvalue weighted by Crippen LogP contribution is -2.31. The Labute approximate surface area is 108 Å². The number of nitrogens with zero attached hydrogens (tertiary/aromatic N) is 1. The van der Waals surface area contributed by atoms with Crippen molar-refractivity contribution in [3.63, 3.8) is 0 Å². The molecule has 1 fully saturated rings. The summed E-state index contributed by atoms with van der Waals surface area (Å²) in [5, 5.41) is 15.1. The van der Waals surface area contributed by atoms with Crippen LogP contribution >= 0.6 is 15.9 Å². The van der Waals surface area contributed by atoms with E-state index < -0.39 is 0 Å². The highest BCUT2D eigenvalue weighted by atomic mass is 79.9. The summed E-state index contributed by atoms with van der Waals surface area (Å²) < 4.78 is 0.778. The highest BCUT2D eigenvalue weighted by Gasteiger charge is 2.20. The molecule has 1 aromatic carbocycles. The van der Waals surface area contributed by atoms with Crippen LogP contribution in [0, 0.1) is 11.3 Å². The Hall–Kier alpha value is -1.54. The molecule has 1 amide bonds. The molecule has 1 saturated heterocycles. The summed E-state index contributed by atoms with van der Waals surface area (Å²) >= 11 is 3.34. The van der Waals surface area contributed by atoms with Crippen LogP contribution in [0.3, 0.4) is 0 Å². The molecule has 1 heterocycles. The average Bonchev–Trinajstić information content (AvgIpc) is 2.72. The van der Waals surface area contributed by atoms with Crippen LogP contribution in [0.2, 0.25) is 0 Å². The van der Waals surface area contributed by atoms with Crippen molar-refractivity contribution in [2.45, 2.75) is 18.9 Å². The molecule has 1 atom stereocenters. The number of halogens is 1. The van der Waals surface area contributed by atoms with Gasteiger partial charge in [0.1, 0.15) is 6.07 Å². The van der Waals surface area contributed by atoms with Crippen LogP contribution in [0.15, 0.2) is 22.7 Å². The normalized spacial score (nSPS) is 18.6. The van der Waals surface area contributed by atoms with Gasteiger partial charge in [-0.05, 0) is 34.5 Å². The van der Waals surface area contributed by atoms with Crippen LogP contribution < -0.4 is 10.6 Å². The molecule has 0 bridgehead atoms. The lowest BCUT2D eigenvalue weighted by Gasteiger charge is -2.13. The first-order valence-electron chi connectivity index (χ1n) is 5.42. The van der Waals surface area contributed by atoms with Gasteiger partial charge in [0.25, 0.3) is 0 Å². The SMILES string of the molecule is N#Cc1c(Br)cccc1NCC1CCC(=O)N1. The highest BCUT2D eigenvalue weighted by Crippen LogP contribution is 2.23. The van der Waals surface area contributed by atoms with Gasteiger partial charge < -0.3 is 10.6 Å². The summed E-state index contributed by atoms with van der Waals surface area (Å²) in [6.07, 6.45) is 1.44. The Morgan fingerprint density at radius 1 is 1.59 bits per heavy atom. The number of carbonyl (C=O) groups excluding carboxylic acids is 1. The fourth-order valence-electron chi connectivity index (χ4n) is 1.85. The molecule has 1 aliphatic heterocycles. The Bertz CT molecular complexity index is 481. The Kier molecular flexibility index (Phi) is 3.64. The lowest BCUT2D eigenvalue weighted by molar-refractivity contribution is -0.119. The van der Waals surface area contributed by atoms with Crippen LogP contribution in [0.25, 0.3) is 0 Å². The van der Waals surface area contributed by atoms with E-state index in [4.69, 9.17) is 5.26 Å². The first kappa shape index (κ1) is 11.9. The molecule has 0 saturated carbocycles. The van der Waals surface area contributed by atoms with Gasteiger partial charge in [0.2, 0.25) is 5.91 Å². The number of nitriles is 1. The molecule has 5 heteroatoms. The zero-order valence-electron chi connectivity index (χ0n) is 9.16. The monoisotopic (exact) mass is 293 g/mol. The van der Waals surface area contributed by atoms with Crippen molar-refractivity contribution in [3.8, 4) is 6.07 Å². The second kappa shape index (κ2) is 5.19. The number of carbonyl (C=O) groups is 1. The number of rotatable bonds is 3. The van der Waals surface area contributed by atoms with Crippen LogP contribution in [0.4, 0.5) is 5.69 Å². The molecule has 1 aliphatic rings. The van der Waals surface area contributed by atoms with Crippen molar-refractivity contribution in [1.29, 1.82) is 5.26 Å². The van der Waals surface area contributed by atoms with Gasteiger partial charge in [-0.1, -0.05) is 6.07 Å². The summed E-state index contributed by atoms with van der Waals surface area (Å²) in [7, 11) is 0. The van der Waals surface area contributed by atoms with Crippen LogP contribution in [0.1, 0.15) is 18.4 Å². The van der Waals surface area contributed by atoms with Gasteiger partial charge in [0, 0.05) is 23.5 Å². The number of hydrogen-bond donors (Lipinski definition) is 2. The summed E-state index contributed by atoms with van der Waals surface area (Å²) in [4.78, 5) is 11.0. The second-order valence-corrected chi connectivity index (χ2v) is 4.81. The van der Waals surface area contributed by atoms with Crippen molar-refractivity contribution in [1.82, 2.24) is 5.32 Å². The van der Waals surface area contributed by atoms with Crippen molar-refractivity contribution >= 4 is 27.5 Å². The maximum absolute atomic E-state index is 11.0. The maximum Gasteiger partial charge on any atom is 0.220 e. The number of benzene rings is 1. The predicted octanol–water partition coefficient (Wildman–Crippen LogP) is 2.01. The van der Waals surface area contributed by atoms with Gasteiger partial charge in [-0.15, -0.1) is 0 Å². The molecule has 2 rings (SSSR count). The number of nitrogens with one attached hydrogen (secondary N) is 2. The third-order valence-electron chi connectivity index (χ3n) is 2.75. The van der Waals surface area contributed by atoms with Gasteiger partial charge in [0.05, 0.1) is 11.3 Å². The van der Waals surface area contributed by atoms with Gasteiger partial charge >= 0.3 is 0 Å². The zero-order valence-corrected chi connectivity index (χ0v) is 10.8. The minimum atomic E-state index is 0.103. The Balaban J connectivity index is 2.02. The topological polar surface area (TPSA) is 64.9 Å². The molecule has 2 N–H and O–H groups in total. The number of anilines is 1. The standard InChI is InChI=1S/C12H12BrN3O/c13-10-2-1-3-11(9(10)6-14)15-7-8-4-5-12(17)16-8/h1-3,8,15H,4-5,7H2,(H,16,17). The minimum absolute atomic E-state index is 0.103. The second-order valence-electron chi connectivity index (χ2n) is 3.96. The molecule has 4 nitrogen and oxygen atoms in total. The Morgan fingerprint density at radius 2 is 2.41 bits per heavy atom. The van der Waals surface area contributed by atoms with Crippen molar-refractivity contribution in [2.75, 3.05) is 11.9 Å². The van der Waals surface area contributed by atoms with Crippen molar-refractivity contribution in [2.24, 2.45) is 0 Å². The van der Waals surface area contributed by atoms with Gasteiger partial charge in [-0.2, -0.15) is 5.26 Å². The first-order chi connectivity index (χ1) is 8.20. The van der Waals surface area contributed by atoms with Crippen LogP contribution in [-0.2, 0) is 4.79 Å². The van der Waals surface area contributed by atoms with Crippen LogP contribution in [-0.4, -0.2) is 18.5 Å². The fourth-order valence-corrected chi connectivity index (χ4v) is 2.30. The van der Waals surface area contributed by atoms with Crippen LogP contribution in [0.5, 0.6) is 0 Å². The fraction of sp³-hybridized carbons (Fsp3) is 0.333. The molecule has 17 heavy (non-hydrogen) atoms. The largest absolute Gasteiger partial charge is 0.382 e. The molecular formula is C12H12BrN3O. The molecule has 1 aromatic rings. The Morgan fingerprint density at radius 3 is 3.06 bits per heavy atom. The molecular weight excluding hydrogens is 282 g/mol. The summed E-state index contributed by atoms with van der Waals surface area (Å²) in [6.45, 7) is 0.650. The molecule has 88 valence electrons. The van der Waals surface area contributed by atoms with E-state index in [1.165, 1.54) is 0 Å². The van der Waals surface area contributed by atoms with E-state index in [2.05, 4.69) is 32.6 Å². The van der Waals surface area contributed by atoms with Gasteiger partial charge in [-0.25, -0.2) is 0 Å². The van der Waals surface area contributed by atoms with Gasteiger partial charge in [0.15, 0.2) is 0 Å². The van der Waals surface area contributed by atoms with E-state index in [9.17, 15) is 4.79 Å². The van der Waals surface area contributed by atoms with E-state index in [1.807, 2.05) is 18.2 Å². The van der Waals surface area contributed by atoms with Crippen molar-refractivity contribution < 1.29 is 4.79 Å². The van der Waals surface area contributed by atoms with E-state index >= 15 is 0 Å². The molecule has 0 aromatic heterocycles. The summed E-state index contributed by atoms with van der Waals surface area (Å²) in [6, 6.07) is 7.88. The van der Waals surface area contributed by atoms with E-state index in [-0.39, 0.29) is 11.9 Å². The van der Waals surface area contributed by atoms with E-state index in [0.717, 1.165) is 16.6 Å². The average molecular weight is 294 g/mol. The first-order valence-corrected chi connectivity index (χ1v) is 6.22. The minimum Gasteiger partial charge on any atom is -0.382 e. The lowest BCUT2D eigenvalue weighted by atomic mass is 10.1. The quantitative estimate of drug-likeness (QED) is 0.896. The molecule has 1 unspecified atom stereocenters. The third kappa shape index (κ3) is 2.77. The number of amides is 1. The zero-order chi connectivity index (χ0) is 12.3.